The van der Waals surface area contributed by atoms with E-state index in [9.17, 15) is 0 Å². The van der Waals surface area contributed by atoms with Crippen LogP contribution in [0.3, 0.4) is 0 Å². The summed E-state index contributed by atoms with van der Waals surface area (Å²) in [7, 11) is 2.06. The van der Waals surface area contributed by atoms with Gasteiger partial charge in [-0.1, -0.05) is 0 Å². The first-order chi connectivity index (χ1) is 10.7. The second-order valence-electron chi connectivity index (χ2n) is 5.36. The van der Waals surface area contributed by atoms with Crippen LogP contribution in [-0.4, -0.2) is 53.3 Å². The Bertz CT molecular complexity index is 558. The molecule has 0 bridgehead atoms. The van der Waals surface area contributed by atoms with Crippen molar-refractivity contribution in [1.29, 1.82) is 0 Å². The fourth-order valence-electron chi connectivity index (χ4n) is 2.54. The Hall–Kier alpha value is -1.92. The Morgan fingerprint density at radius 1 is 1.23 bits per heavy atom. The maximum absolute atomic E-state index is 5.60. The van der Waals surface area contributed by atoms with Gasteiger partial charge < -0.3 is 15.5 Å². The minimum absolute atomic E-state index is 0.657. The third-order valence-corrected chi connectivity index (χ3v) is 3.78. The van der Waals surface area contributed by atoms with Crippen LogP contribution in [0.2, 0.25) is 0 Å². The number of likely N-dealkylation sites (N-methyl/N-ethyl adjacent to an activating group) is 1. The summed E-state index contributed by atoms with van der Waals surface area (Å²) in [5, 5.41) is 7.34. The van der Waals surface area contributed by atoms with Crippen LogP contribution >= 0.6 is 0 Å². The van der Waals surface area contributed by atoms with Crippen LogP contribution in [-0.2, 0) is 6.54 Å². The highest BCUT2D eigenvalue weighted by Crippen LogP contribution is 2.23. The van der Waals surface area contributed by atoms with Crippen LogP contribution in [0.4, 0.5) is 5.82 Å². The van der Waals surface area contributed by atoms with Gasteiger partial charge >= 0.3 is 0 Å². The monoisotopic (exact) mass is 302 g/mol. The smallest absolute Gasteiger partial charge is 0.128 e. The van der Waals surface area contributed by atoms with E-state index in [-0.39, 0.29) is 0 Å². The molecule has 0 aliphatic heterocycles. The van der Waals surface area contributed by atoms with Crippen LogP contribution in [0.5, 0.6) is 0 Å². The molecule has 2 heterocycles. The van der Waals surface area contributed by atoms with Gasteiger partial charge in [0.05, 0.1) is 5.69 Å². The van der Waals surface area contributed by atoms with E-state index in [0.29, 0.717) is 6.54 Å². The molecule has 2 aromatic heterocycles. The van der Waals surface area contributed by atoms with E-state index < -0.39 is 0 Å². The van der Waals surface area contributed by atoms with Crippen molar-refractivity contribution in [3.05, 3.63) is 30.1 Å². The predicted molar refractivity (Wildman–Crippen MR) is 90.8 cm³/mol. The molecule has 2 aromatic rings. The molecule has 0 aliphatic rings. The number of nitrogens with one attached hydrogen (secondary N) is 1. The summed E-state index contributed by atoms with van der Waals surface area (Å²) in [6, 6.07) is 4.15. The van der Waals surface area contributed by atoms with Crippen molar-refractivity contribution in [1.82, 2.24) is 20.1 Å². The molecule has 0 unspecified atom stereocenters. The Balaban J connectivity index is 2.17. The van der Waals surface area contributed by atoms with Gasteiger partial charge in [0.1, 0.15) is 5.82 Å². The number of aromatic amines is 1. The number of H-pyrrole nitrogens is 1. The molecule has 0 saturated heterocycles. The molecule has 0 fully saturated rings. The highest BCUT2D eigenvalue weighted by Gasteiger charge is 2.11. The van der Waals surface area contributed by atoms with Crippen LogP contribution < -0.4 is 10.6 Å². The van der Waals surface area contributed by atoms with Crippen molar-refractivity contribution in [2.24, 2.45) is 5.73 Å². The molecule has 0 radical (unpaired) electrons. The standard InChI is InChI=1S/C16H26N6/c1-4-22(5-2)15-7-6-13(10-18-15)16-14(11-19-20-16)12-21(3)9-8-17/h6-7,10-11H,4-5,8-9,12,17H2,1-3H3,(H,19,20). The van der Waals surface area contributed by atoms with Crippen LogP contribution in [0.1, 0.15) is 19.4 Å². The van der Waals surface area contributed by atoms with Crippen molar-refractivity contribution in [3.63, 3.8) is 0 Å². The zero-order valence-corrected chi connectivity index (χ0v) is 13.7. The number of aromatic nitrogens is 3. The lowest BCUT2D eigenvalue weighted by molar-refractivity contribution is 0.337. The fraction of sp³-hybridized carbons (Fsp3) is 0.500. The van der Waals surface area contributed by atoms with Crippen molar-refractivity contribution in [2.75, 3.05) is 38.1 Å². The lowest BCUT2D eigenvalue weighted by atomic mass is 10.1. The van der Waals surface area contributed by atoms with Gasteiger partial charge in [0.25, 0.3) is 0 Å². The summed E-state index contributed by atoms with van der Waals surface area (Å²) in [5.74, 6) is 1.01. The van der Waals surface area contributed by atoms with Crippen LogP contribution in [0, 0.1) is 0 Å². The molecule has 0 saturated carbocycles. The first-order valence-corrected chi connectivity index (χ1v) is 7.82. The van der Waals surface area contributed by atoms with E-state index in [4.69, 9.17) is 5.73 Å². The topological polar surface area (TPSA) is 74.1 Å². The van der Waals surface area contributed by atoms with Gasteiger partial charge in [0.15, 0.2) is 0 Å². The highest BCUT2D eigenvalue weighted by atomic mass is 15.2. The summed E-state index contributed by atoms with van der Waals surface area (Å²) in [6.45, 7) is 8.53. The van der Waals surface area contributed by atoms with E-state index >= 15 is 0 Å². The van der Waals surface area contributed by atoms with Crippen molar-refractivity contribution < 1.29 is 0 Å². The van der Waals surface area contributed by atoms with Crippen molar-refractivity contribution in [3.8, 4) is 11.3 Å². The lowest BCUT2D eigenvalue weighted by Crippen LogP contribution is -2.25. The maximum Gasteiger partial charge on any atom is 0.128 e. The second kappa shape index (κ2) is 7.91. The molecule has 0 amide bonds. The first-order valence-electron chi connectivity index (χ1n) is 7.82. The Morgan fingerprint density at radius 2 is 2.00 bits per heavy atom. The molecule has 120 valence electrons. The summed E-state index contributed by atoms with van der Waals surface area (Å²) in [5.41, 5.74) is 8.76. The minimum Gasteiger partial charge on any atom is -0.357 e. The van der Waals surface area contributed by atoms with Gasteiger partial charge in [0.2, 0.25) is 0 Å². The van der Waals surface area contributed by atoms with Gasteiger partial charge in [0, 0.05) is 56.2 Å². The van der Waals surface area contributed by atoms with E-state index in [2.05, 4.69) is 58.0 Å². The number of hydrogen-bond acceptors (Lipinski definition) is 5. The third kappa shape index (κ3) is 3.84. The molecule has 0 atom stereocenters. The van der Waals surface area contributed by atoms with Gasteiger partial charge in [-0.25, -0.2) is 4.98 Å². The summed E-state index contributed by atoms with van der Waals surface area (Å²) < 4.78 is 0. The number of nitrogens with zero attached hydrogens (tertiary/aromatic N) is 4. The number of nitrogens with two attached hydrogens (primary N) is 1. The van der Waals surface area contributed by atoms with Crippen LogP contribution in [0.25, 0.3) is 11.3 Å². The Labute approximate surface area is 132 Å². The van der Waals surface area contributed by atoms with Crippen LogP contribution in [0.15, 0.2) is 24.5 Å². The number of anilines is 1. The molecule has 0 aromatic carbocycles. The second-order valence-corrected chi connectivity index (χ2v) is 5.36. The average molecular weight is 302 g/mol. The van der Waals surface area contributed by atoms with E-state index in [1.807, 2.05) is 12.4 Å². The zero-order chi connectivity index (χ0) is 15.9. The molecular weight excluding hydrogens is 276 g/mol. The van der Waals surface area contributed by atoms with E-state index in [1.54, 1.807) is 0 Å². The fourth-order valence-corrected chi connectivity index (χ4v) is 2.54. The molecule has 2 rings (SSSR count). The van der Waals surface area contributed by atoms with Gasteiger partial charge in [-0.15, -0.1) is 0 Å². The summed E-state index contributed by atoms with van der Waals surface area (Å²) in [4.78, 5) is 8.98. The number of pyridine rings is 1. The van der Waals surface area contributed by atoms with E-state index in [1.165, 1.54) is 0 Å². The van der Waals surface area contributed by atoms with Gasteiger partial charge in [-0.3, -0.25) is 5.10 Å². The molecule has 6 heteroatoms. The summed E-state index contributed by atoms with van der Waals surface area (Å²) >= 11 is 0. The van der Waals surface area contributed by atoms with Gasteiger partial charge in [-0.2, -0.15) is 5.10 Å². The minimum atomic E-state index is 0.657. The van der Waals surface area contributed by atoms with E-state index in [0.717, 1.165) is 48.8 Å². The number of rotatable bonds is 8. The third-order valence-electron chi connectivity index (χ3n) is 3.78. The summed E-state index contributed by atoms with van der Waals surface area (Å²) in [6.07, 6.45) is 3.84. The molecule has 22 heavy (non-hydrogen) atoms. The maximum atomic E-state index is 5.60. The van der Waals surface area contributed by atoms with Crippen molar-refractivity contribution in [2.45, 2.75) is 20.4 Å². The molecular formula is C16H26N6. The first kappa shape index (κ1) is 16.5. The lowest BCUT2D eigenvalue weighted by Gasteiger charge is -2.19. The van der Waals surface area contributed by atoms with Gasteiger partial charge in [-0.05, 0) is 33.0 Å². The normalized spacial score (nSPS) is 11.1. The van der Waals surface area contributed by atoms with Crippen molar-refractivity contribution >= 4 is 5.82 Å². The molecule has 6 nitrogen and oxygen atoms in total. The highest BCUT2D eigenvalue weighted by molar-refractivity contribution is 5.63. The molecule has 3 N–H and O–H groups in total. The quantitative estimate of drug-likeness (QED) is 0.776. The average Bonchev–Trinajstić information content (AvgIpc) is 2.97. The number of hydrogen-bond donors (Lipinski definition) is 2. The largest absolute Gasteiger partial charge is 0.357 e. The Morgan fingerprint density at radius 3 is 2.59 bits per heavy atom. The predicted octanol–water partition coefficient (Wildman–Crippen LogP) is 1.71. The molecule has 0 aliphatic carbocycles. The molecule has 0 spiro atoms. The SMILES string of the molecule is CCN(CC)c1ccc(-c2n[nH]cc2CN(C)CCN)cn1. The zero-order valence-electron chi connectivity index (χ0n) is 13.7. The Kier molecular flexibility index (Phi) is 5.91.